The number of para-hydroxylation sites is 4. The second-order valence-electron chi connectivity index (χ2n) is 23.6. The molecule has 8 aromatic carbocycles. The minimum Gasteiger partial charge on any atom is -0.330 e. The van der Waals surface area contributed by atoms with Gasteiger partial charge in [0.05, 0.1) is 28.1 Å². The van der Waals surface area contributed by atoms with E-state index in [1.165, 1.54) is 71.4 Å². The van der Waals surface area contributed by atoms with E-state index in [0.29, 0.717) is 0 Å². The van der Waals surface area contributed by atoms with Crippen molar-refractivity contribution >= 4 is 107 Å². The average molecular weight is 1010 g/mol. The fourth-order valence-corrected chi connectivity index (χ4v) is 12.8. The molecule has 0 amide bonds. The predicted molar refractivity (Wildman–Crippen MR) is 330 cm³/mol. The SMILES string of the molecule is Cc1cn2c3c(ccc(N(c4ccccc4)c4ccccc4)c13)B1c3c-2cc(N(c2ccc(C(C)(C)C)cn2)c2cc4cc(C(C)(C)C)ccc4n2C)cc3-n2cc(C)c3c(N(c4ccccc4)c4ccccc4)ccc1c32. The quantitative estimate of drug-likeness (QED) is 0.135. The van der Waals surface area contributed by atoms with Crippen molar-refractivity contribution in [2.24, 2.45) is 7.05 Å². The fraction of sp³-hybridized carbons (Fsp3) is 0.157. The molecule has 4 aromatic heterocycles. The summed E-state index contributed by atoms with van der Waals surface area (Å²) >= 11 is 0. The third kappa shape index (κ3) is 7.29. The molecule has 0 N–H and O–H groups in total. The number of rotatable bonds is 9. The number of pyridine rings is 1. The number of anilines is 9. The largest absolute Gasteiger partial charge is 0.330 e. The lowest BCUT2D eigenvalue weighted by molar-refractivity contribution is 0.587. The zero-order valence-electron chi connectivity index (χ0n) is 45.9. The average Bonchev–Trinajstić information content (AvgIpc) is 2.72. The van der Waals surface area contributed by atoms with Crippen LogP contribution >= 0.6 is 0 Å². The van der Waals surface area contributed by atoms with Crippen LogP contribution < -0.4 is 31.1 Å². The van der Waals surface area contributed by atoms with Crippen molar-refractivity contribution in [1.29, 1.82) is 0 Å². The Balaban J connectivity index is 1.08. The molecular formula is C70H62BN7. The molecule has 0 fully saturated rings. The van der Waals surface area contributed by atoms with E-state index in [9.17, 15) is 0 Å². The van der Waals surface area contributed by atoms with Crippen LogP contribution in [0.25, 0.3) is 44.1 Å². The summed E-state index contributed by atoms with van der Waals surface area (Å²) in [7, 11) is 2.20. The van der Waals surface area contributed by atoms with Gasteiger partial charge in [-0.15, -0.1) is 0 Å². The minimum absolute atomic E-state index is 0.00284. The highest BCUT2D eigenvalue weighted by atomic mass is 15.3. The highest BCUT2D eigenvalue weighted by Gasteiger charge is 2.42. The minimum atomic E-state index is -0.0735. The third-order valence-corrected chi connectivity index (χ3v) is 16.6. The van der Waals surface area contributed by atoms with Crippen LogP contribution in [-0.4, -0.2) is 25.4 Å². The van der Waals surface area contributed by atoms with E-state index in [0.717, 1.165) is 62.8 Å². The normalized spacial score (nSPS) is 12.7. The predicted octanol–water partition coefficient (Wildman–Crippen LogP) is 16.2. The molecule has 380 valence electrons. The lowest BCUT2D eigenvalue weighted by Gasteiger charge is -2.36. The van der Waals surface area contributed by atoms with Crippen LogP contribution in [0.4, 0.5) is 51.4 Å². The monoisotopic (exact) mass is 1010 g/mol. The molecule has 0 saturated carbocycles. The van der Waals surface area contributed by atoms with Gasteiger partial charge < -0.3 is 23.5 Å². The summed E-state index contributed by atoms with van der Waals surface area (Å²) in [4.78, 5) is 12.6. The summed E-state index contributed by atoms with van der Waals surface area (Å²) in [5.74, 6) is 1.90. The van der Waals surface area contributed by atoms with Gasteiger partial charge >= 0.3 is 0 Å². The van der Waals surface area contributed by atoms with Crippen LogP contribution in [0.2, 0.25) is 0 Å². The Bertz CT molecular complexity index is 4040. The van der Waals surface area contributed by atoms with Gasteiger partial charge in [-0.25, -0.2) is 4.98 Å². The Hall–Kier alpha value is -9.01. The van der Waals surface area contributed by atoms with E-state index < -0.39 is 0 Å². The van der Waals surface area contributed by atoms with Gasteiger partial charge in [0.15, 0.2) is 0 Å². The van der Waals surface area contributed by atoms with Gasteiger partial charge in [-0.3, -0.25) is 4.90 Å². The summed E-state index contributed by atoms with van der Waals surface area (Å²) < 4.78 is 7.38. The molecule has 2 aliphatic heterocycles. The van der Waals surface area contributed by atoms with Crippen molar-refractivity contribution in [3.8, 4) is 11.4 Å². The Morgan fingerprint density at radius 2 is 0.897 bits per heavy atom. The number of aromatic nitrogens is 4. The Kier molecular flexibility index (Phi) is 10.7. The molecule has 0 aliphatic carbocycles. The van der Waals surface area contributed by atoms with Crippen LogP contribution in [0.1, 0.15) is 63.8 Å². The number of hydrogen-bond acceptors (Lipinski definition) is 4. The van der Waals surface area contributed by atoms with E-state index >= 15 is 0 Å². The van der Waals surface area contributed by atoms with Crippen molar-refractivity contribution < 1.29 is 0 Å². The third-order valence-electron chi connectivity index (χ3n) is 16.6. The van der Waals surface area contributed by atoms with Gasteiger partial charge in [-0.1, -0.05) is 139 Å². The van der Waals surface area contributed by atoms with Gasteiger partial charge in [0.2, 0.25) is 0 Å². The molecule has 8 heteroatoms. The first kappa shape index (κ1) is 47.4. The second-order valence-corrected chi connectivity index (χ2v) is 23.6. The van der Waals surface area contributed by atoms with Crippen LogP contribution in [0.15, 0.2) is 213 Å². The maximum absolute atomic E-state index is 5.39. The summed E-state index contributed by atoms with van der Waals surface area (Å²) in [6, 6.07) is 71.6. The van der Waals surface area contributed by atoms with Gasteiger partial charge in [0, 0.05) is 81.4 Å². The molecule has 7 nitrogen and oxygen atoms in total. The van der Waals surface area contributed by atoms with Gasteiger partial charge in [0.1, 0.15) is 11.6 Å². The van der Waals surface area contributed by atoms with Gasteiger partial charge in [-0.05, 0) is 160 Å². The number of aryl methyl sites for hydroxylation is 3. The zero-order valence-corrected chi connectivity index (χ0v) is 45.9. The van der Waals surface area contributed by atoms with E-state index in [1.807, 2.05) is 0 Å². The zero-order chi connectivity index (χ0) is 53.4. The van der Waals surface area contributed by atoms with Gasteiger partial charge in [0.25, 0.3) is 6.71 Å². The Labute approximate surface area is 458 Å². The molecule has 0 saturated heterocycles. The number of nitrogens with zero attached hydrogens (tertiary/aromatic N) is 7. The van der Waals surface area contributed by atoms with Crippen molar-refractivity contribution in [1.82, 2.24) is 18.7 Å². The second kappa shape index (κ2) is 17.5. The molecule has 2 aliphatic rings. The lowest BCUT2D eigenvalue weighted by Crippen LogP contribution is -2.59. The summed E-state index contributed by atoms with van der Waals surface area (Å²) in [5, 5.41) is 3.68. The van der Waals surface area contributed by atoms with Crippen molar-refractivity contribution in [2.75, 3.05) is 14.7 Å². The molecule has 78 heavy (non-hydrogen) atoms. The van der Waals surface area contributed by atoms with E-state index in [1.54, 1.807) is 0 Å². The standard InChI is InChI=1S/C70H62BN7/c1-45-43-74-60-40-54(78(62-37-31-49(42-72-62)70(6,7)8)63-39-47-38-48(69(3,4)5)30-34-57(47)73(63)9)41-61-66(60)71(55-32-35-58(64(45)67(55)74)76(50-22-14-10-15-23-50)51-24-16-11-17-25-51)56-33-36-59(65-46(2)44-75(61)68(56)65)77(52-26-18-12-19-27-52)53-28-20-13-21-29-53/h10-44H,1-9H3. The lowest BCUT2D eigenvalue weighted by atomic mass is 9.34. The van der Waals surface area contributed by atoms with Crippen molar-refractivity contribution in [3.63, 3.8) is 0 Å². The molecule has 0 radical (unpaired) electrons. The van der Waals surface area contributed by atoms with Crippen molar-refractivity contribution in [2.45, 2.75) is 66.2 Å². The first-order chi connectivity index (χ1) is 37.7. The molecule has 0 unspecified atom stereocenters. The highest BCUT2D eigenvalue weighted by Crippen LogP contribution is 2.47. The molecule has 14 rings (SSSR count). The van der Waals surface area contributed by atoms with E-state index in [-0.39, 0.29) is 17.5 Å². The Morgan fingerprint density at radius 3 is 1.32 bits per heavy atom. The van der Waals surface area contributed by atoms with Crippen LogP contribution in [-0.2, 0) is 17.9 Å². The molecule has 0 bridgehead atoms. The smallest absolute Gasteiger partial charge is 0.252 e. The van der Waals surface area contributed by atoms with Crippen LogP contribution in [0, 0.1) is 13.8 Å². The molecular weight excluding hydrogens is 950 g/mol. The number of benzene rings is 8. The van der Waals surface area contributed by atoms with Crippen LogP contribution in [0.3, 0.4) is 0 Å². The topological polar surface area (TPSA) is 37.4 Å². The van der Waals surface area contributed by atoms with Crippen molar-refractivity contribution in [3.05, 3.63) is 235 Å². The fourth-order valence-electron chi connectivity index (χ4n) is 12.8. The van der Waals surface area contributed by atoms with Crippen LogP contribution in [0.5, 0.6) is 0 Å². The van der Waals surface area contributed by atoms with E-state index in [4.69, 9.17) is 4.98 Å². The molecule has 0 spiro atoms. The van der Waals surface area contributed by atoms with E-state index in [2.05, 4.69) is 304 Å². The Morgan fingerprint density at radius 1 is 0.449 bits per heavy atom. The first-order valence-electron chi connectivity index (χ1n) is 27.4. The summed E-state index contributed by atoms with van der Waals surface area (Å²) in [5.41, 5.74) is 22.5. The molecule has 6 heterocycles. The highest BCUT2D eigenvalue weighted by molar-refractivity contribution is 7.00. The molecule has 12 aromatic rings. The number of hydrogen-bond donors (Lipinski definition) is 0. The first-order valence-corrected chi connectivity index (χ1v) is 27.4. The van der Waals surface area contributed by atoms with Gasteiger partial charge in [-0.2, -0.15) is 0 Å². The maximum Gasteiger partial charge on any atom is 0.252 e. The summed E-state index contributed by atoms with van der Waals surface area (Å²) in [6.07, 6.45) is 6.85. The molecule has 0 atom stereocenters. The maximum atomic E-state index is 5.39. The summed E-state index contributed by atoms with van der Waals surface area (Å²) in [6.45, 7) is 18.2. The number of fused-ring (bicyclic) bond motifs is 5.